The molecule has 4 aromatic heterocycles. The molecule has 0 spiro atoms. The maximum atomic E-state index is 13.1. The van der Waals surface area contributed by atoms with Crippen molar-refractivity contribution >= 4 is 22.6 Å². The summed E-state index contributed by atoms with van der Waals surface area (Å²) in [6.45, 7) is 0.259. The minimum atomic E-state index is -0.425. The van der Waals surface area contributed by atoms with Crippen LogP contribution in [0.1, 0.15) is 12.8 Å². The van der Waals surface area contributed by atoms with E-state index in [0.29, 0.717) is 38.9 Å². The van der Waals surface area contributed by atoms with Crippen LogP contribution in [0.4, 0.5) is 0 Å². The van der Waals surface area contributed by atoms with Gasteiger partial charge in [0.25, 0.3) is 11.4 Å². The van der Waals surface area contributed by atoms with Crippen LogP contribution in [0.15, 0.2) is 58.1 Å². The van der Waals surface area contributed by atoms with Crippen LogP contribution in [0.3, 0.4) is 0 Å². The Labute approximate surface area is 187 Å². The molecule has 0 radical (unpaired) electrons. The smallest absolute Gasteiger partial charge is 0.266 e. The van der Waals surface area contributed by atoms with E-state index in [1.165, 1.54) is 24.1 Å². The van der Waals surface area contributed by atoms with E-state index in [0.717, 1.165) is 12.8 Å². The second-order valence-corrected chi connectivity index (χ2v) is 8.06. The van der Waals surface area contributed by atoms with Gasteiger partial charge < -0.3 is 13.9 Å². The van der Waals surface area contributed by atoms with E-state index in [4.69, 9.17) is 25.5 Å². The first-order valence-corrected chi connectivity index (χ1v) is 10.3. The monoisotopic (exact) mass is 448 g/mol. The number of nitrogens with zero attached hydrogens (tertiary/aromatic N) is 4. The van der Waals surface area contributed by atoms with Gasteiger partial charge in [-0.3, -0.25) is 14.3 Å². The highest BCUT2D eigenvalue weighted by Crippen LogP contribution is 2.45. The largest absolute Gasteiger partial charge is 0.491 e. The average Bonchev–Trinajstić information content (AvgIpc) is 3.47. The van der Waals surface area contributed by atoms with E-state index in [9.17, 15) is 10.1 Å². The minimum absolute atomic E-state index is 0.259. The lowest BCUT2D eigenvalue weighted by Gasteiger charge is -2.13. The van der Waals surface area contributed by atoms with E-state index in [1.54, 1.807) is 36.5 Å². The zero-order chi connectivity index (χ0) is 22.3. The fourth-order valence-corrected chi connectivity index (χ4v) is 3.45. The van der Waals surface area contributed by atoms with Crippen molar-refractivity contribution in [2.75, 3.05) is 13.7 Å². The highest BCUT2D eigenvalue weighted by atomic mass is 35.5. The lowest BCUT2D eigenvalue weighted by atomic mass is 10.1. The van der Waals surface area contributed by atoms with Gasteiger partial charge in [0.2, 0.25) is 0 Å². The number of aromatic nitrogens is 3. The second-order valence-electron chi connectivity index (χ2n) is 7.62. The molecule has 0 atom stereocenters. The predicted molar refractivity (Wildman–Crippen MR) is 117 cm³/mol. The molecule has 0 amide bonds. The molecule has 4 heterocycles. The molecule has 0 unspecified atom stereocenters. The molecule has 4 aromatic rings. The van der Waals surface area contributed by atoms with Crippen LogP contribution >= 0.6 is 11.6 Å². The van der Waals surface area contributed by atoms with Gasteiger partial charge in [-0.2, -0.15) is 5.26 Å². The summed E-state index contributed by atoms with van der Waals surface area (Å²) in [4.78, 5) is 21.7. The lowest BCUT2D eigenvalue weighted by Crippen LogP contribution is -2.17. The fourth-order valence-electron chi connectivity index (χ4n) is 3.34. The Balaban J connectivity index is 1.48. The van der Waals surface area contributed by atoms with Crippen molar-refractivity contribution in [1.82, 2.24) is 14.5 Å². The van der Waals surface area contributed by atoms with E-state index in [-0.39, 0.29) is 18.0 Å². The van der Waals surface area contributed by atoms with Crippen molar-refractivity contribution < 1.29 is 13.9 Å². The first-order valence-electron chi connectivity index (χ1n) is 9.87. The molecule has 1 aliphatic rings. The van der Waals surface area contributed by atoms with Crippen molar-refractivity contribution in [3.63, 3.8) is 0 Å². The summed E-state index contributed by atoms with van der Waals surface area (Å²) in [5, 5.41) is 10.1. The third kappa shape index (κ3) is 3.57. The molecule has 1 aliphatic carbocycles. The summed E-state index contributed by atoms with van der Waals surface area (Å²) >= 11 is 5.89. The van der Waals surface area contributed by atoms with E-state index in [1.807, 2.05) is 0 Å². The Bertz CT molecular complexity index is 1410. The Hall–Kier alpha value is -3.83. The zero-order valence-corrected chi connectivity index (χ0v) is 17.8. The van der Waals surface area contributed by atoms with Crippen molar-refractivity contribution in [3.05, 3.63) is 64.3 Å². The number of halogens is 1. The van der Waals surface area contributed by atoms with Gasteiger partial charge in [-0.15, -0.1) is 0 Å². The molecule has 0 N–H and O–H groups in total. The minimum Gasteiger partial charge on any atom is -0.491 e. The highest BCUT2D eigenvalue weighted by molar-refractivity contribution is 6.30. The summed E-state index contributed by atoms with van der Waals surface area (Å²) in [6, 6.07) is 10.7. The maximum Gasteiger partial charge on any atom is 0.266 e. The van der Waals surface area contributed by atoms with Crippen LogP contribution in [0, 0.1) is 16.7 Å². The number of furan rings is 1. The van der Waals surface area contributed by atoms with Gasteiger partial charge in [0.15, 0.2) is 11.5 Å². The third-order valence-corrected chi connectivity index (χ3v) is 5.67. The predicted octanol–water partition coefficient (Wildman–Crippen LogP) is 4.39. The normalized spacial score (nSPS) is 14.2. The van der Waals surface area contributed by atoms with E-state index >= 15 is 0 Å². The molecule has 1 saturated carbocycles. The van der Waals surface area contributed by atoms with E-state index in [2.05, 4.69) is 16.0 Å². The molecule has 0 saturated heterocycles. The van der Waals surface area contributed by atoms with Gasteiger partial charge in [0.1, 0.15) is 17.9 Å². The fraction of sp³-hybridized carbons (Fsp3) is 0.217. The number of nitriles is 1. The van der Waals surface area contributed by atoms with Crippen molar-refractivity contribution in [2.45, 2.75) is 12.8 Å². The molecule has 9 heteroatoms. The van der Waals surface area contributed by atoms with Gasteiger partial charge in [-0.1, -0.05) is 11.6 Å². The molecule has 32 heavy (non-hydrogen) atoms. The van der Waals surface area contributed by atoms with Crippen molar-refractivity contribution in [2.24, 2.45) is 5.41 Å². The third-order valence-electron chi connectivity index (χ3n) is 5.44. The van der Waals surface area contributed by atoms with Crippen LogP contribution in [0.2, 0.25) is 5.02 Å². The summed E-state index contributed by atoms with van der Waals surface area (Å²) in [5.74, 6) is 1.13. The SMILES string of the molecule is COc1cc(-n2ccc3oc(-c4ccc(Cl)cn4)cc3c2=O)cnc1OCC1(C#N)CC1. The Morgan fingerprint density at radius 2 is 2.09 bits per heavy atom. The van der Waals surface area contributed by atoms with Crippen molar-refractivity contribution in [1.29, 1.82) is 5.26 Å². The van der Waals surface area contributed by atoms with Gasteiger partial charge in [-0.25, -0.2) is 4.98 Å². The van der Waals surface area contributed by atoms with E-state index < -0.39 is 5.41 Å². The molecule has 0 bridgehead atoms. The number of ether oxygens (including phenoxy) is 2. The Morgan fingerprint density at radius 3 is 2.78 bits per heavy atom. The lowest BCUT2D eigenvalue weighted by molar-refractivity contribution is 0.244. The number of fused-ring (bicyclic) bond motifs is 1. The van der Waals surface area contributed by atoms with Crippen molar-refractivity contribution in [3.8, 4) is 34.8 Å². The van der Waals surface area contributed by atoms with Gasteiger partial charge in [0, 0.05) is 18.5 Å². The van der Waals surface area contributed by atoms with Crippen LogP contribution in [-0.4, -0.2) is 28.3 Å². The first-order chi connectivity index (χ1) is 15.5. The average molecular weight is 449 g/mol. The summed E-state index contributed by atoms with van der Waals surface area (Å²) < 4.78 is 18.4. The number of rotatable bonds is 6. The van der Waals surface area contributed by atoms with Gasteiger partial charge in [0.05, 0.1) is 40.9 Å². The zero-order valence-electron chi connectivity index (χ0n) is 17.0. The summed E-state index contributed by atoms with van der Waals surface area (Å²) in [6.07, 6.45) is 6.29. The van der Waals surface area contributed by atoms with Crippen LogP contribution in [0.25, 0.3) is 28.1 Å². The van der Waals surface area contributed by atoms with Gasteiger partial charge >= 0.3 is 0 Å². The molecule has 5 rings (SSSR count). The molecule has 0 aliphatic heterocycles. The van der Waals surface area contributed by atoms with Crippen LogP contribution in [0.5, 0.6) is 11.6 Å². The number of methoxy groups -OCH3 is 1. The number of hydrogen-bond acceptors (Lipinski definition) is 7. The molecule has 0 aromatic carbocycles. The Morgan fingerprint density at radius 1 is 1.25 bits per heavy atom. The standard InChI is InChI=1S/C23H17ClN4O4/c1-30-20-8-15(11-27-21(20)31-13-23(12-25)5-6-23)28-7-4-18-16(22(28)29)9-19(32-18)17-3-2-14(24)10-26-17/h2-4,7-11H,5-6,13H2,1H3. The number of hydrogen-bond donors (Lipinski definition) is 0. The topological polar surface area (TPSA) is 103 Å². The second kappa shape index (κ2) is 7.70. The molecule has 1 fully saturated rings. The molecular formula is C23H17ClN4O4. The maximum absolute atomic E-state index is 13.1. The summed E-state index contributed by atoms with van der Waals surface area (Å²) in [5.41, 5.74) is 0.835. The first kappa shape index (κ1) is 20.1. The molecular weight excluding hydrogens is 432 g/mol. The quantitative estimate of drug-likeness (QED) is 0.431. The molecule has 160 valence electrons. The summed E-state index contributed by atoms with van der Waals surface area (Å²) in [7, 11) is 1.50. The number of pyridine rings is 3. The molecule has 8 nitrogen and oxygen atoms in total. The Kier molecular flexibility index (Phi) is 4.83. The van der Waals surface area contributed by atoms with Gasteiger partial charge in [-0.05, 0) is 37.1 Å². The van der Waals surface area contributed by atoms with Crippen LogP contribution in [-0.2, 0) is 0 Å². The van der Waals surface area contributed by atoms with Crippen LogP contribution < -0.4 is 15.0 Å². The highest BCUT2D eigenvalue weighted by Gasteiger charge is 2.44.